The lowest BCUT2D eigenvalue weighted by atomic mass is 9.60. The van der Waals surface area contributed by atoms with Crippen molar-refractivity contribution in [1.29, 1.82) is 0 Å². The molecule has 2 aromatic carbocycles. The molecule has 5 fully saturated rings. The third-order valence-corrected chi connectivity index (χ3v) is 19.3. The van der Waals surface area contributed by atoms with E-state index in [1.807, 2.05) is 0 Å². The largest absolute Gasteiger partial charge is 0.0689 e. The quantitative estimate of drug-likeness (QED) is 0.313. The molecule has 12 unspecified atom stereocenters. The predicted octanol–water partition coefficient (Wildman–Crippen LogP) is 11.3. The zero-order chi connectivity index (χ0) is 27.4. The minimum Gasteiger partial charge on any atom is -0.0689 e. The molecule has 12 atom stereocenters. The Hall–Kier alpha value is -1.34. The first-order valence-electron chi connectivity index (χ1n) is 17.5. The third-order valence-electron chi connectivity index (χ3n) is 14.1. The first-order chi connectivity index (χ1) is 19.4. The second kappa shape index (κ2) is 11.1. The monoisotopic (exact) mass is 552 g/mol. The second-order valence-corrected chi connectivity index (χ2v) is 21.3. The molecule has 2 aromatic rings. The number of fused-ring (bicyclic) bond motifs is 3. The van der Waals surface area contributed by atoms with Crippen LogP contribution in [0, 0.1) is 47.3 Å². The molecule has 216 valence electrons. The van der Waals surface area contributed by atoms with E-state index in [0.717, 1.165) is 64.3 Å². The van der Waals surface area contributed by atoms with Crippen molar-refractivity contribution in [3.05, 3.63) is 71.8 Å². The van der Waals surface area contributed by atoms with Crippen LogP contribution in [0.3, 0.4) is 0 Å². The van der Waals surface area contributed by atoms with E-state index >= 15 is 0 Å². The summed E-state index contributed by atoms with van der Waals surface area (Å²) in [5, 5.41) is 0. The molecule has 5 aliphatic carbocycles. The molecular weight excluding hydrogens is 497 g/mol. The average molecular weight is 553 g/mol. The van der Waals surface area contributed by atoms with Gasteiger partial charge >= 0.3 is 0 Å². The van der Waals surface area contributed by atoms with Crippen molar-refractivity contribution in [2.75, 3.05) is 0 Å². The van der Waals surface area contributed by atoms with Crippen molar-refractivity contribution < 1.29 is 0 Å². The molecule has 5 aliphatic rings. The molecule has 7 rings (SSSR count). The fourth-order valence-corrected chi connectivity index (χ4v) is 18.0. The van der Waals surface area contributed by atoms with Gasteiger partial charge in [-0.3, -0.25) is 0 Å². The van der Waals surface area contributed by atoms with Gasteiger partial charge in [-0.05, 0) is 120 Å². The first kappa shape index (κ1) is 27.5. The molecule has 0 amide bonds. The molecule has 0 saturated heterocycles. The molecule has 0 nitrogen and oxygen atoms in total. The Morgan fingerprint density at radius 3 is 2.10 bits per heavy atom. The van der Waals surface area contributed by atoms with Crippen LogP contribution < -0.4 is 0 Å². The molecule has 0 bridgehead atoms. The lowest BCUT2D eigenvalue weighted by Gasteiger charge is -2.49. The molecule has 0 aromatic heterocycles. The Labute approximate surface area is 247 Å². The highest BCUT2D eigenvalue weighted by atomic mass is 28.3. The van der Waals surface area contributed by atoms with Gasteiger partial charge < -0.3 is 0 Å². The molecule has 40 heavy (non-hydrogen) atoms. The van der Waals surface area contributed by atoms with Gasteiger partial charge in [0.2, 0.25) is 0 Å². The molecule has 0 radical (unpaired) electrons. The zero-order valence-corrected chi connectivity index (χ0v) is 27.0. The highest BCUT2D eigenvalue weighted by Crippen LogP contribution is 2.68. The van der Waals surface area contributed by atoms with Gasteiger partial charge in [0.15, 0.2) is 0 Å². The van der Waals surface area contributed by atoms with Crippen LogP contribution in [0.1, 0.15) is 107 Å². The highest BCUT2D eigenvalue weighted by molar-refractivity contribution is 6.80. The summed E-state index contributed by atoms with van der Waals surface area (Å²) in [4.78, 5) is 0. The minimum atomic E-state index is -1.44. The van der Waals surface area contributed by atoms with Crippen LogP contribution in [-0.2, 0) is 0 Å². The van der Waals surface area contributed by atoms with E-state index < -0.39 is 8.07 Å². The SMILES string of the molecule is CC(CC1CC([Si](C)(C)C2CC(C)C3C2CC2CCCC2C3c2ccccc2)C2CCCCC12)c1ccccc1. The van der Waals surface area contributed by atoms with Crippen molar-refractivity contribution in [2.24, 2.45) is 47.3 Å². The smallest absolute Gasteiger partial charge is 0.0541 e. The Morgan fingerprint density at radius 1 is 0.700 bits per heavy atom. The Morgan fingerprint density at radius 2 is 1.35 bits per heavy atom. The lowest BCUT2D eigenvalue weighted by molar-refractivity contribution is 0.1000. The number of rotatable bonds is 6. The summed E-state index contributed by atoms with van der Waals surface area (Å²) in [6.07, 6.45) is 16.7. The molecule has 0 heterocycles. The van der Waals surface area contributed by atoms with Gasteiger partial charge in [0.1, 0.15) is 0 Å². The number of hydrogen-bond acceptors (Lipinski definition) is 0. The van der Waals surface area contributed by atoms with Crippen LogP contribution in [0.2, 0.25) is 24.2 Å². The van der Waals surface area contributed by atoms with E-state index in [9.17, 15) is 0 Å². The van der Waals surface area contributed by atoms with Crippen LogP contribution in [0.25, 0.3) is 0 Å². The van der Waals surface area contributed by atoms with E-state index in [-0.39, 0.29) is 0 Å². The molecule has 0 N–H and O–H groups in total. The van der Waals surface area contributed by atoms with Crippen molar-refractivity contribution in [1.82, 2.24) is 0 Å². The standard InChI is InChI=1S/C39H56Si/c1-26(28-14-7-5-8-15-28)22-31-25-37(34-20-12-11-19-32(31)34)40(3,4)36-23-27(2)38-35(36)24-30-18-13-21-33(30)39(38)29-16-9-6-10-17-29/h5-10,14-17,26-27,30-39H,11-13,18-25H2,1-4H3. The summed E-state index contributed by atoms with van der Waals surface area (Å²) in [6.45, 7) is 11.1. The fourth-order valence-electron chi connectivity index (χ4n) is 12.6. The minimum absolute atomic E-state index is 0.706. The van der Waals surface area contributed by atoms with Gasteiger partial charge in [0.25, 0.3) is 0 Å². The lowest BCUT2D eigenvalue weighted by Crippen LogP contribution is -2.45. The number of benzene rings is 2. The van der Waals surface area contributed by atoms with Crippen molar-refractivity contribution in [3.63, 3.8) is 0 Å². The Bertz CT molecular complexity index is 1120. The van der Waals surface area contributed by atoms with Crippen LogP contribution in [0.15, 0.2) is 60.7 Å². The van der Waals surface area contributed by atoms with Gasteiger partial charge in [0.05, 0.1) is 8.07 Å². The van der Waals surface area contributed by atoms with E-state index in [4.69, 9.17) is 0 Å². The highest BCUT2D eigenvalue weighted by Gasteiger charge is 2.60. The summed E-state index contributed by atoms with van der Waals surface area (Å²) in [6, 6.07) is 23.4. The average Bonchev–Trinajstić information content (AvgIpc) is 3.69. The maximum atomic E-state index is 2.92. The van der Waals surface area contributed by atoms with Crippen LogP contribution >= 0.6 is 0 Å². The third kappa shape index (κ3) is 4.69. The Balaban J connectivity index is 1.16. The Kier molecular flexibility index (Phi) is 7.60. The van der Waals surface area contributed by atoms with E-state index in [1.165, 1.54) is 44.9 Å². The molecular formula is C39H56Si. The molecule has 0 spiro atoms. The van der Waals surface area contributed by atoms with Gasteiger partial charge in [-0.1, -0.05) is 120 Å². The summed E-state index contributed by atoms with van der Waals surface area (Å²) in [5.41, 5.74) is 5.39. The zero-order valence-electron chi connectivity index (χ0n) is 26.0. The molecule has 5 saturated carbocycles. The van der Waals surface area contributed by atoms with Gasteiger partial charge in [0, 0.05) is 0 Å². The summed E-state index contributed by atoms with van der Waals surface area (Å²) in [7, 11) is -1.44. The second-order valence-electron chi connectivity index (χ2n) is 16.2. The topological polar surface area (TPSA) is 0 Å². The molecule has 0 aliphatic heterocycles. The fraction of sp³-hybridized carbons (Fsp3) is 0.692. The van der Waals surface area contributed by atoms with Crippen molar-refractivity contribution in [3.8, 4) is 0 Å². The van der Waals surface area contributed by atoms with E-state index in [2.05, 4.69) is 87.6 Å². The summed E-state index contributed by atoms with van der Waals surface area (Å²) in [5.74, 6) is 9.41. The van der Waals surface area contributed by atoms with E-state index in [1.54, 1.807) is 36.8 Å². The normalized spacial score (nSPS) is 41.8. The first-order valence-corrected chi connectivity index (χ1v) is 20.7. The van der Waals surface area contributed by atoms with Gasteiger partial charge in [-0.25, -0.2) is 0 Å². The molecule has 1 heteroatoms. The van der Waals surface area contributed by atoms with Crippen LogP contribution in [0.4, 0.5) is 0 Å². The van der Waals surface area contributed by atoms with Crippen molar-refractivity contribution in [2.45, 2.75) is 120 Å². The van der Waals surface area contributed by atoms with E-state index in [0.29, 0.717) is 5.92 Å². The van der Waals surface area contributed by atoms with Gasteiger partial charge in [-0.15, -0.1) is 0 Å². The summed E-state index contributed by atoms with van der Waals surface area (Å²) < 4.78 is 0. The van der Waals surface area contributed by atoms with Crippen LogP contribution in [0.5, 0.6) is 0 Å². The predicted molar refractivity (Wildman–Crippen MR) is 173 cm³/mol. The summed E-state index contributed by atoms with van der Waals surface area (Å²) >= 11 is 0. The van der Waals surface area contributed by atoms with Gasteiger partial charge in [-0.2, -0.15) is 0 Å². The number of hydrogen-bond donors (Lipinski definition) is 0. The van der Waals surface area contributed by atoms with Crippen LogP contribution in [-0.4, -0.2) is 8.07 Å². The maximum absolute atomic E-state index is 2.92. The maximum Gasteiger partial charge on any atom is 0.0541 e. The van der Waals surface area contributed by atoms with Crippen molar-refractivity contribution >= 4 is 8.07 Å².